The molecule has 1 aromatic rings. The summed E-state index contributed by atoms with van der Waals surface area (Å²) in [4.78, 5) is 0. The molecular weight excluding hydrogens is 274 g/mol. The Balaban J connectivity index is 1.66. The lowest BCUT2D eigenvalue weighted by atomic mass is 10.2. The van der Waals surface area contributed by atoms with E-state index in [4.69, 9.17) is 15.2 Å². The van der Waals surface area contributed by atoms with Crippen molar-refractivity contribution >= 4 is 10.8 Å². The zero-order chi connectivity index (χ0) is 14.2. The molecule has 0 aliphatic carbocycles. The van der Waals surface area contributed by atoms with Crippen LogP contribution in [0, 0.1) is 0 Å². The molecular formula is C15H23NO3S. The van der Waals surface area contributed by atoms with Crippen molar-refractivity contribution in [3.63, 3.8) is 0 Å². The molecule has 2 rings (SSSR count). The molecule has 0 bridgehead atoms. The third kappa shape index (κ3) is 4.89. The summed E-state index contributed by atoms with van der Waals surface area (Å²) in [6, 6.07) is 7.80. The van der Waals surface area contributed by atoms with Gasteiger partial charge in [0.2, 0.25) is 0 Å². The normalized spacial score (nSPS) is 17.9. The second kappa shape index (κ2) is 8.39. The highest BCUT2D eigenvalue weighted by atomic mass is 32.2. The zero-order valence-electron chi connectivity index (χ0n) is 11.8. The molecule has 1 fully saturated rings. The fraction of sp³-hybridized carbons (Fsp3) is 0.600. The smallest absolute Gasteiger partial charge is 0.119 e. The molecule has 1 saturated heterocycles. The lowest BCUT2D eigenvalue weighted by Crippen LogP contribution is -2.26. The van der Waals surface area contributed by atoms with Crippen LogP contribution in [0.5, 0.6) is 5.75 Å². The molecule has 1 aromatic carbocycles. The molecule has 4 nitrogen and oxygen atoms in total. The van der Waals surface area contributed by atoms with Gasteiger partial charge < -0.3 is 15.2 Å². The van der Waals surface area contributed by atoms with Gasteiger partial charge in [0.05, 0.1) is 6.61 Å². The standard InChI is InChI=1S/C15H23NO3S/c16-12-13-3-1-4-14(11-13)19-7-2-10-20(17)15-5-8-18-9-6-15/h1,3-4,11,15H,2,5-10,12,16H2. The van der Waals surface area contributed by atoms with Crippen molar-refractivity contribution in [3.05, 3.63) is 29.8 Å². The lowest BCUT2D eigenvalue weighted by Gasteiger charge is -2.21. The van der Waals surface area contributed by atoms with E-state index in [1.807, 2.05) is 24.3 Å². The first-order valence-corrected chi connectivity index (χ1v) is 8.54. The maximum atomic E-state index is 12.1. The summed E-state index contributed by atoms with van der Waals surface area (Å²) in [5.41, 5.74) is 6.65. The molecule has 1 aliphatic heterocycles. The predicted molar refractivity (Wildman–Crippen MR) is 81.3 cm³/mol. The molecule has 112 valence electrons. The van der Waals surface area contributed by atoms with Crippen LogP contribution in [0.2, 0.25) is 0 Å². The summed E-state index contributed by atoms with van der Waals surface area (Å²) in [5.74, 6) is 1.55. The second-order valence-electron chi connectivity index (χ2n) is 4.95. The second-order valence-corrected chi connectivity index (χ2v) is 6.79. The van der Waals surface area contributed by atoms with Gasteiger partial charge in [0.25, 0.3) is 0 Å². The van der Waals surface area contributed by atoms with Crippen LogP contribution in [0.15, 0.2) is 24.3 Å². The van der Waals surface area contributed by atoms with Gasteiger partial charge in [0.15, 0.2) is 0 Å². The van der Waals surface area contributed by atoms with E-state index < -0.39 is 10.8 Å². The minimum Gasteiger partial charge on any atom is -0.494 e. The zero-order valence-corrected chi connectivity index (χ0v) is 12.6. The van der Waals surface area contributed by atoms with Crippen molar-refractivity contribution in [1.29, 1.82) is 0 Å². The maximum Gasteiger partial charge on any atom is 0.119 e. The Morgan fingerprint density at radius 2 is 2.15 bits per heavy atom. The first-order chi connectivity index (χ1) is 9.79. The summed E-state index contributed by atoms with van der Waals surface area (Å²) in [5, 5.41) is 0.310. The van der Waals surface area contributed by atoms with E-state index in [2.05, 4.69) is 0 Å². The highest BCUT2D eigenvalue weighted by Crippen LogP contribution is 2.15. The Morgan fingerprint density at radius 1 is 1.35 bits per heavy atom. The summed E-state index contributed by atoms with van der Waals surface area (Å²) < 4.78 is 23.1. The topological polar surface area (TPSA) is 61.5 Å². The summed E-state index contributed by atoms with van der Waals surface area (Å²) >= 11 is 0. The molecule has 0 amide bonds. The van der Waals surface area contributed by atoms with Gasteiger partial charge in [-0.2, -0.15) is 0 Å². The van der Waals surface area contributed by atoms with Crippen LogP contribution in [0.1, 0.15) is 24.8 Å². The molecule has 0 saturated carbocycles. The van der Waals surface area contributed by atoms with E-state index in [0.717, 1.165) is 43.8 Å². The minimum absolute atomic E-state index is 0.310. The monoisotopic (exact) mass is 297 g/mol. The van der Waals surface area contributed by atoms with Crippen LogP contribution in [0.4, 0.5) is 0 Å². The third-order valence-corrected chi connectivity index (χ3v) is 5.34. The summed E-state index contributed by atoms with van der Waals surface area (Å²) in [7, 11) is -0.750. The average Bonchev–Trinajstić information content (AvgIpc) is 2.52. The van der Waals surface area contributed by atoms with Gasteiger partial charge in [-0.3, -0.25) is 4.21 Å². The Bertz CT molecular complexity index is 433. The van der Waals surface area contributed by atoms with E-state index in [9.17, 15) is 4.21 Å². The van der Waals surface area contributed by atoms with Crippen LogP contribution in [-0.2, 0) is 22.1 Å². The van der Waals surface area contributed by atoms with Gasteiger partial charge in [-0.05, 0) is 37.0 Å². The lowest BCUT2D eigenvalue weighted by molar-refractivity contribution is 0.0992. The number of benzene rings is 1. The van der Waals surface area contributed by atoms with Crippen LogP contribution in [0.3, 0.4) is 0 Å². The first-order valence-electron chi connectivity index (χ1n) is 7.16. The molecule has 5 heteroatoms. The Hall–Kier alpha value is -0.910. The molecule has 0 radical (unpaired) electrons. The van der Waals surface area contributed by atoms with E-state index in [1.165, 1.54) is 0 Å². The van der Waals surface area contributed by atoms with Gasteiger partial charge in [0.1, 0.15) is 5.75 Å². The fourth-order valence-electron chi connectivity index (χ4n) is 2.26. The van der Waals surface area contributed by atoms with Crippen molar-refractivity contribution < 1.29 is 13.7 Å². The molecule has 1 heterocycles. The van der Waals surface area contributed by atoms with Crippen molar-refractivity contribution in [2.24, 2.45) is 5.73 Å². The largest absolute Gasteiger partial charge is 0.494 e. The van der Waals surface area contributed by atoms with Crippen molar-refractivity contribution in [3.8, 4) is 5.75 Å². The van der Waals surface area contributed by atoms with Gasteiger partial charge >= 0.3 is 0 Å². The SMILES string of the molecule is NCc1cccc(OCCCS(=O)C2CCOCC2)c1. The number of nitrogens with two attached hydrogens (primary N) is 1. The van der Waals surface area contributed by atoms with E-state index in [0.29, 0.717) is 24.2 Å². The predicted octanol–water partition coefficient (Wildman–Crippen LogP) is 1.84. The van der Waals surface area contributed by atoms with Gasteiger partial charge in [0, 0.05) is 41.6 Å². The van der Waals surface area contributed by atoms with Crippen molar-refractivity contribution in [2.75, 3.05) is 25.6 Å². The van der Waals surface area contributed by atoms with Crippen LogP contribution < -0.4 is 10.5 Å². The van der Waals surface area contributed by atoms with E-state index in [-0.39, 0.29) is 0 Å². The third-order valence-electron chi connectivity index (χ3n) is 3.43. The maximum absolute atomic E-state index is 12.1. The summed E-state index contributed by atoms with van der Waals surface area (Å²) in [6.07, 6.45) is 2.66. The highest BCUT2D eigenvalue weighted by molar-refractivity contribution is 7.85. The molecule has 1 unspecified atom stereocenters. The van der Waals surface area contributed by atoms with Crippen LogP contribution in [0.25, 0.3) is 0 Å². The van der Waals surface area contributed by atoms with Crippen molar-refractivity contribution in [1.82, 2.24) is 0 Å². The van der Waals surface area contributed by atoms with E-state index >= 15 is 0 Å². The summed E-state index contributed by atoms with van der Waals surface area (Å²) in [6.45, 7) is 2.62. The number of ether oxygens (including phenoxy) is 2. The van der Waals surface area contributed by atoms with E-state index in [1.54, 1.807) is 0 Å². The molecule has 2 N–H and O–H groups in total. The van der Waals surface area contributed by atoms with Crippen LogP contribution >= 0.6 is 0 Å². The molecule has 0 aromatic heterocycles. The number of rotatable bonds is 7. The van der Waals surface area contributed by atoms with Gasteiger partial charge in [-0.25, -0.2) is 0 Å². The molecule has 20 heavy (non-hydrogen) atoms. The van der Waals surface area contributed by atoms with Crippen molar-refractivity contribution in [2.45, 2.75) is 31.1 Å². The number of hydrogen-bond acceptors (Lipinski definition) is 4. The quantitative estimate of drug-likeness (QED) is 0.780. The highest BCUT2D eigenvalue weighted by Gasteiger charge is 2.19. The Morgan fingerprint density at radius 3 is 2.90 bits per heavy atom. The molecule has 1 atom stereocenters. The van der Waals surface area contributed by atoms with Gasteiger partial charge in [-0.1, -0.05) is 12.1 Å². The van der Waals surface area contributed by atoms with Crippen LogP contribution in [-0.4, -0.2) is 35.0 Å². The Kier molecular flexibility index (Phi) is 6.50. The average molecular weight is 297 g/mol. The number of hydrogen-bond donors (Lipinski definition) is 1. The first kappa shape index (κ1) is 15.5. The molecule has 1 aliphatic rings. The Labute approximate surface area is 123 Å². The fourth-order valence-corrected chi connectivity index (χ4v) is 3.71. The minimum atomic E-state index is -0.750. The van der Waals surface area contributed by atoms with Gasteiger partial charge in [-0.15, -0.1) is 0 Å². The molecule has 0 spiro atoms.